The number of hydrogen-bond acceptors (Lipinski definition) is 0. The van der Waals surface area contributed by atoms with Gasteiger partial charge in [0.05, 0.1) is 0 Å². The third kappa shape index (κ3) is 1.40. The first-order chi connectivity index (χ1) is 9.36. The molecule has 0 aliphatic heterocycles. The maximum atomic E-state index is 2.24. The molecule has 0 atom stereocenters. The Morgan fingerprint density at radius 3 is 2.05 bits per heavy atom. The molecule has 1 aliphatic rings. The third-order valence-electron chi connectivity index (χ3n) is 4.02. The largest absolute Gasteiger partial charge is 0.0622 e. The van der Waals surface area contributed by atoms with E-state index < -0.39 is 0 Å². The summed E-state index contributed by atoms with van der Waals surface area (Å²) >= 11 is 0. The van der Waals surface area contributed by atoms with Crippen LogP contribution >= 0.6 is 0 Å². The van der Waals surface area contributed by atoms with Crippen LogP contribution in [0.15, 0.2) is 66.7 Å². The smallest absolute Gasteiger partial charge is 0.00296 e. The molecule has 0 bridgehead atoms. The van der Waals surface area contributed by atoms with Crippen molar-refractivity contribution in [3.05, 3.63) is 83.4 Å². The average Bonchev–Trinajstić information content (AvgIpc) is 2.76. The summed E-state index contributed by atoms with van der Waals surface area (Å²) in [6.07, 6.45) is 0. The summed E-state index contributed by atoms with van der Waals surface area (Å²) in [5.74, 6) is 0. The second-order valence-corrected chi connectivity index (χ2v) is 5.08. The first-order valence-corrected chi connectivity index (χ1v) is 6.65. The van der Waals surface area contributed by atoms with Crippen LogP contribution in [-0.2, 0) is 0 Å². The van der Waals surface area contributed by atoms with Crippen molar-refractivity contribution >= 4 is 21.9 Å². The second kappa shape index (κ2) is 3.83. The molecular weight excluding hydrogens is 228 g/mol. The van der Waals surface area contributed by atoms with Gasteiger partial charge in [0, 0.05) is 0 Å². The number of hydrogen-bond donors (Lipinski definition) is 0. The second-order valence-electron chi connectivity index (χ2n) is 5.08. The Morgan fingerprint density at radius 2 is 1.32 bits per heavy atom. The maximum absolute atomic E-state index is 2.24. The Balaban J connectivity index is 2.11. The van der Waals surface area contributed by atoms with Crippen LogP contribution in [0.5, 0.6) is 0 Å². The van der Waals surface area contributed by atoms with Crippen LogP contribution in [0.1, 0.15) is 23.6 Å². The van der Waals surface area contributed by atoms with Crippen molar-refractivity contribution in [2.24, 2.45) is 0 Å². The lowest BCUT2D eigenvalue weighted by molar-refractivity contribution is 1.59. The van der Waals surface area contributed by atoms with E-state index in [0.29, 0.717) is 0 Å². The number of allylic oxidation sites excluding steroid dienone is 1. The SMILES string of the molecule is CC1=C(c2ccccc2)c2cccc3cccc1c23. The van der Waals surface area contributed by atoms with Gasteiger partial charge in [-0.1, -0.05) is 66.7 Å². The van der Waals surface area contributed by atoms with Gasteiger partial charge < -0.3 is 0 Å². The van der Waals surface area contributed by atoms with Gasteiger partial charge in [-0.05, 0) is 45.5 Å². The van der Waals surface area contributed by atoms with Gasteiger partial charge >= 0.3 is 0 Å². The van der Waals surface area contributed by atoms with E-state index in [1.165, 1.54) is 38.6 Å². The van der Waals surface area contributed by atoms with Gasteiger partial charge in [0.2, 0.25) is 0 Å². The minimum absolute atomic E-state index is 1.31. The quantitative estimate of drug-likeness (QED) is 0.554. The molecular formula is C19H14. The van der Waals surface area contributed by atoms with Gasteiger partial charge in [-0.3, -0.25) is 0 Å². The van der Waals surface area contributed by atoms with Crippen molar-refractivity contribution in [2.75, 3.05) is 0 Å². The third-order valence-corrected chi connectivity index (χ3v) is 4.02. The number of benzene rings is 3. The van der Waals surface area contributed by atoms with Crippen LogP contribution in [0, 0.1) is 0 Å². The highest BCUT2D eigenvalue weighted by Gasteiger charge is 2.21. The maximum Gasteiger partial charge on any atom is -0.00296 e. The summed E-state index contributed by atoms with van der Waals surface area (Å²) < 4.78 is 0. The zero-order valence-electron chi connectivity index (χ0n) is 10.9. The van der Waals surface area contributed by atoms with Gasteiger partial charge in [0.25, 0.3) is 0 Å². The summed E-state index contributed by atoms with van der Waals surface area (Å²) in [5, 5.41) is 2.74. The van der Waals surface area contributed by atoms with E-state index in [1.807, 2.05) is 0 Å². The van der Waals surface area contributed by atoms with E-state index in [4.69, 9.17) is 0 Å². The number of rotatable bonds is 1. The topological polar surface area (TPSA) is 0 Å². The molecule has 0 saturated carbocycles. The first-order valence-electron chi connectivity index (χ1n) is 6.65. The predicted molar refractivity (Wildman–Crippen MR) is 82.0 cm³/mol. The van der Waals surface area contributed by atoms with E-state index in [-0.39, 0.29) is 0 Å². The molecule has 1 aliphatic carbocycles. The lowest BCUT2D eigenvalue weighted by Crippen LogP contribution is -1.85. The molecule has 4 rings (SSSR count). The minimum Gasteiger partial charge on any atom is -0.0622 e. The predicted octanol–water partition coefficient (Wildman–Crippen LogP) is 5.13. The van der Waals surface area contributed by atoms with Crippen LogP contribution in [-0.4, -0.2) is 0 Å². The molecule has 0 saturated heterocycles. The van der Waals surface area contributed by atoms with Crippen molar-refractivity contribution in [2.45, 2.75) is 6.92 Å². The highest BCUT2D eigenvalue weighted by atomic mass is 14.2. The summed E-state index contributed by atoms with van der Waals surface area (Å²) in [6.45, 7) is 2.23. The van der Waals surface area contributed by atoms with E-state index in [0.717, 1.165) is 0 Å². The van der Waals surface area contributed by atoms with Crippen LogP contribution in [0.2, 0.25) is 0 Å². The molecule has 0 N–H and O–H groups in total. The molecule has 0 heterocycles. The molecule has 3 aromatic rings. The molecule has 0 aromatic heterocycles. The molecule has 0 nitrogen and oxygen atoms in total. The van der Waals surface area contributed by atoms with Crippen molar-refractivity contribution in [1.82, 2.24) is 0 Å². The summed E-state index contributed by atoms with van der Waals surface area (Å²) in [5.41, 5.74) is 6.83. The lowest BCUT2D eigenvalue weighted by Gasteiger charge is -2.07. The lowest BCUT2D eigenvalue weighted by atomic mass is 9.97. The zero-order valence-corrected chi connectivity index (χ0v) is 10.9. The summed E-state index contributed by atoms with van der Waals surface area (Å²) in [7, 11) is 0. The molecule has 0 amide bonds. The Kier molecular flexibility index (Phi) is 2.13. The molecule has 0 heteroatoms. The molecule has 3 aromatic carbocycles. The normalized spacial score (nSPS) is 13.3. The molecule has 90 valence electrons. The Labute approximate surface area is 113 Å². The standard InChI is InChI=1S/C19H14/c1-13-16-11-5-9-15-10-6-12-17(19(15)16)18(13)14-7-3-2-4-8-14/h2-12H,1H3. The van der Waals surface area contributed by atoms with Crippen LogP contribution in [0.25, 0.3) is 21.9 Å². The van der Waals surface area contributed by atoms with E-state index in [9.17, 15) is 0 Å². The summed E-state index contributed by atoms with van der Waals surface area (Å²) in [4.78, 5) is 0. The van der Waals surface area contributed by atoms with E-state index in [2.05, 4.69) is 73.7 Å². The molecule has 0 unspecified atom stereocenters. The fourth-order valence-corrected chi connectivity index (χ4v) is 3.18. The van der Waals surface area contributed by atoms with Gasteiger partial charge in [-0.25, -0.2) is 0 Å². The van der Waals surface area contributed by atoms with Gasteiger partial charge in [-0.2, -0.15) is 0 Å². The minimum atomic E-state index is 1.31. The Hall–Kier alpha value is -2.34. The van der Waals surface area contributed by atoms with Crippen molar-refractivity contribution in [3.8, 4) is 0 Å². The van der Waals surface area contributed by atoms with Crippen LogP contribution in [0.4, 0.5) is 0 Å². The zero-order chi connectivity index (χ0) is 12.8. The monoisotopic (exact) mass is 242 g/mol. The molecule has 19 heavy (non-hydrogen) atoms. The fourth-order valence-electron chi connectivity index (χ4n) is 3.18. The van der Waals surface area contributed by atoms with E-state index in [1.54, 1.807) is 0 Å². The Bertz CT molecular complexity index is 803. The van der Waals surface area contributed by atoms with E-state index >= 15 is 0 Å². The van der Waals surface area contributed by atoms with Crippen molar-refractivity contribution < 1.29 is 0 Å². The van der Waals surface area contributed by atoms with Gasteiger partial charge in [-0.15, -0.1) is 0 Å². The molecule has 0 fully saturated rings. The van der Waals surface area contributed by atoms with Crippen LogP contribution in [0.3, 0.4) is 0 Å². The van der Waals surface area contributed by atoms with Crippen LogP contribution < -0.4 is 0 Å². The molecule has 0 spiro atoms. The molecule has 0 radical (unpaired) electrons. The van der Waals surface area contributed by atoms with Gasteiger partial charge in [0.15, 0.2) is 0 Å². The van der Waals surface area contributed by atoms with Crippen molar-refractivity contribution in [1.29, 1.82) is 0 Å². The summed E-state index contributed by atoms with van der Waals surface area (Å²) in [6, 6.07) is 23.9. The average molecular weight is 242 g/mol. The highest BCUT2D eigenvalue weighted by Crippen LogP contribution is 2.44. The first kappa shape index (κ1) is 10.6. The fraction of sp³-hybridized carbons (Fsp3) is 0.0526. The van der Waals surface area contributed by atoms with Gasteiger partial charge in [0.1, 0.15) is 0 Å². The van der Waals surface area contributed by atoms with Crippen molar-refractivity contribution in [3.63, 3.8) is 0 Å². The highest BCUT2D eigenvalue weighted by molar-refractivity contribution is 6.16. The Morgan fingerprint density at radius 1 is 0.632 bits per heavy atom.